The van der Waals surface area contributed by atoms with E-state index >= 15 is 0 Å². The largest absolute Gasteiger partial charge is 0.507 e. The Labute approximate surface area is 84.1 Å². The molecule has 3 heteroatoms. The summed E-state index contributed by atoms with van der Waals surface area (Å²) in [6, 6.07) is 0. The predicted molar refractivity (Wildman–Crippen MR) is 53.8 cm³/mol. The van der Waals surface area contributed by atoms with Crippen LogP contribution in [0.1, 0.15) is 27.7 Å². The number of ether oxygens (including phenoxy) is 1. The van der Waals surface area contributed by atoms with Crippen LogP contribution < -0.4 is 0 Å². The zero-order valence-electron chi connectivity index (χ0n) is 9.26. The lowest BCUT2D eigenvalue weighted by Crippen LogP contribution is -2.33. The Morgan fingerprint density at radius 2 is 1.71 bits per heavy atom. The van der Waals surface area contributed by atoms with E-state index in [1.165, 1.54) is 7.11 Å². The molecule has 0 atom stereocenters. The molecule has 0 aliphatic heterocycles. The summed E-state index contributed by atoms with van der Waals surface area (Å²) in [5.41, 5.74) is 0.387. The summed E-state index contributed by atoms with van der Waals surface area (Å²) in [5.74, 6) is 0.509. The van der Waals surface area contributed by atoms with Crippen LogP contribution in [0.15, 0.2) is 22.7 Å². The minimum atomic E-state index is -0.671. The normalized spacial score (nSPS) is 21.6. The minimum absolute atomic E-state index is 0.0474. The molecule has 3 nitrogen and oxygen atoms in total. The van der Waals surface area contributed by atoms with E-state index in [2.05, 4.69) is 0 Å². The molecule has 0 spiro atoms. The maximum Gasteiger partial charge on any atom is 0.175 e. The number of hydrogen-bond donors (Lipinski definition) is 1. The van der Waals surface area contributed by atoms with Crippen LogP contribution in [0.25, 0.3) is 0 Å². The van der Waals surface area contributed by atoms with Crippen LogP contribution in [0.5, 0.6) is 0 Å². The number of hydrogen-bond acceptors (Lipinski definition) is 3. The van der Waals surface area contributed by atoms with E-state index < -0.39 is 5.41 Å². The van der Waals surface area contributed by atoms with Crippen molar-refractivity contribution in [2.24, 2.45) is 5.41 Å². The van der Waals surface area contributed by atoms with Crippen LogP contribution in [0.3, 0.4) is 0 Å². The Kier molecular flexibility index (Phi) is 2.44. The topological polar surface area (TPSA) is 46.5 Å². The number of Topliss-reactive ketones (excluding diaryl/α,β-unsaturated/α-hetero) is 1. The zero-order valence-corrected chi connectivity index (χ0v) is 9.26. The van der Waals surface area contributed by atoms with E-state index in [1.807, 2.05) is 0 Å². The molecule has 0 radical (unpaired) electrons. The molecule has 0 fully saturated rings. The Balaban J connectivity index is 3.42. The highest BCUT2D eigenvalue weighted by Crippen LogP contribution is 2.39. The number of rotatable bonds is 1. The predicted octanol–water partition coefficient (Wildman–Crippen LogP) is 2.35. The molecular formula is C11H16O3. The summed E-state index contributed by atoms with van der Waals surface area (Å²) in [4.78, 5) is 11.8. The van der Waals surface area contributed by atoms with E-state index in [0.29, 0.717) is 16.9 Å². The Morgan fingerprint density at radius 3 is 2.14 bits per heavy atom. The number of carbonyl (C=O) groups excluding carboxylic acids is 1. The molecule has 78 valence electrons. The van der Waals surface area contributed by atoms with E-state index in [-0.39, 0.29) is 11.5 Å². The van der Waals surface area contributed by atoms with Gasteiger partial charge in [0, 0.05) is 11.1 Å². The van der Waals surface area contributed by atoms with Crippen molar-refractivity contribution in [1.29, 1.82) is 0 Å². The average Bonchev–Trinajstić information content (AvgIpc) is 2.13. The third-order valence-corrected chi connectivity index (χ3v) is 2.73. The number of aliphatic hydroxyl groups excluding tert-OH is 1. The molecule has 14 heavy (non-hydrogen) atoms. The summed E-state index contributed by atoms with van der Waals surface area (Å²) < 4.78 is 5.17. The van der Waals surface area contributed by atoms with Crippen LogP contribution in [0, 0.1) is 5.41 Å². The van der Waals surface area contributed by atoms with Gasteiger partial charge in [0.25, 0.3) is 0 Å². The number of ketones is 1. The van der Waals surface area contributed by atoms with Gasteiger partial charge >= 0.3 is 0 Å². The molecule has 1 N–H and O–H groups in total. The lowest BCUT2D eigenvalue weighted by atomic mass is 9.76. The lowest BCUT2D eigenvalue weighted by molar-refractivity contribution is -0.123. The summed E-state index contributed by atoms with van der Waals surface area (Å²) >= 11 is 0. The van der Waals surface area contributed by atoms with Gasteiger partial charge in [0.1, 0.15) is 11.5 Å². The second kappa shape index (κ2) is 3.15. The van der Waals surface area contributed by atoms with Gasteiger partial charge in [0.15, 0.2) is 5.78 Å². The lowest BCUT2D eigenvalue weighted by Gasteiger charge is -2.31. The van der Waals surface area contributed by atoms with Crippen LogP contribution in [0.4, 0.5) is 0 Å². The average molecular weight is 196 g/mol. The second-order valence-corrected chi connectivity index (χ2v) is 4.09. The molecule has 0 aromatic heterocycles. The van der Waals surface area contributed by atoms with Crippen molar-refractivity contribution in [2.75, 3.05) is 7.11 Å². The fraction of sp³-hybridized carbons (Fsp3) is 0.545. The highest BCUT2D eigenvalue weighted by Gasteiger charge is 2.40. The Morgan fingerprint density at radius 1 is 1.21 bits per heavy atom. The number of aliphatic hydroxyl groups is 1. The smallest absolute Gasteiger partial charge is 0.175 e. The molecule has 1 aliphatic rings. The van der Waals surface area contributed by atoms with Crippen LogP contribution in [0.2, 0.25) is 0 Å². The molecule has 0 saturated carbocycles. The standard InChI is InChI=1S/C11H16O3/c1-6-8(12)7(2)10(14-5)11(3,4)9(6)13/h12H,1-5H3. The first-order chi connectivity index (χ1) is 6.34. The van der Waals surface area contributed by atoms with E-state index in [9.17, 15) is 9.90 Å². The highest BCUT2D eigenvalue weighted by atomic mass is 16.5. The van der Waals surface area contributed by atoms with E-state index in [1.54, 1.807) is 27.7 Å². The van der Waals surface area contributed by atoms with Crippen molar-refractivity contribution in [3.63, 3.8) is 0 Å². The zero-order chi connectivity index (χ0) is 11.1. The molecule has 0 aromatic carbocycles. The van der Waals surface area contributed by atoms with E-state index in [0.717, 1.165) is 0 Å². The maximum atomic E-state index is 11.8. The quantitative estimate of drug-likeness (QED) is 0.700. The van der Waals surface area contributed by atoms with Crippen LogP contribution in [-0.2, 0) is 9.53 Å². The van der Waals surface area contributed by atoms with Gasteiger partial charge in [-0.15, -0.1) is 0 Å². The first-order valence-corrected chi connectivity index (χ1v) is 4.54. The molecule has 0 aromatic rings. The fourth-order valence-electron chi connectivity index (χ4n) is 1.95. The van der Waals surface area contributed by atoms with Gasteiger partial charge < -0.3 is 9.84 Å². The first-order valence-electron chi connectivity index (χ1n) is 4.54. The Bertz CT molecular complexity index is 346. The van der Waals surface area contributed by atoms with E-state index in [4.69, 9.17) is 4.74 Å². The van der Waals surface area contributed by atoms with Gasteiger partial charge in [-0.1, -0.05) is 0 Å². The molecule has 0 bridgehead atoms. The summed E-state index contributed by atoms with van der Waals surface area (Å²) in [7, 11) is 1.52. The maximum absolute atomic E-state index is 11.8. The molecule has 1 aliphatic carbocycles. The van der Waals surface area contributed by atoms with Gasteiger partial charge in [-0.05, 0) is 27.7 Å². The van der Waals surface area contributed by atoms with Crippen molar-refractivity contribution in [3.05, 3.63) is 22.7 Å². The van der Waals surface area contributed by atoms with Crippen molar-refractivity contribution in [3.8, 4) is 0 Å². The molecule has 1 rings (SSSR count). The first kappa shape index (κ1) is 10.8. The molecule has 0 unspecified atom stereocenters. The van der Waals surface area contributed by atoms with Crippen LogP contribution >= 0.6 is 0 Å². The van der Waals surface area contributed by atoms with Crippen molar-refractivity contribution >= 4 is 5.78 Å². The molecule has 0 saturated heterocycles. The van der Waals surface area contributed by atoms with Gasteiger partial charge in [-0.2, -0.15) is 0 Å². The number of methoxy groups -OCH3 is 1. The summed E-state index contributed by atoms with van der Waals surface area (Å²) in [5, 5.41) is 9.67. The second-order valence-electron chi connectivity index (χ2n) is 4.09. The van der Waals surface area contributed by atoms with Crippen molar-refractivity contribution < 1.29 is 14.6 Å². The number of carbonyl (C=O) groups is 1. The molecule has 0 heterocycles. The minimum Gasteiger partial charge on any atom is -0.507 e. The van der Waals surface area contributed by atoms with Crippen molar-refractivity contribution in [2.45, 2.75) is 27.7 Å². The number of allylic oxidation sites excluding steroid dienone is 3. The SMILES string of the molecule is COC1=C(C)C(O)=C(C)C(=O)C1(C)C. The molecular weight excluding hydrogens is 180 g/mol. The summed E-state index contributed by atoms with van der Waals surface area (Å²) in [6.45, 7) is 6.99. The third-order valence-electron chi connectivity index (χ3n) is 2.73. The van der Waals surface area contributed by atoms with Gasteiger partial charge in [0.2, 0.25) is 0 Å². The Hall–Kier alpha value is -1.25. The monoisotopic (exact) mass is 196 g/mol. The highest BCUT2D eigenvalue weighted by molar-refractivity contribution is 6.03. The van der Waals surface area contributed by atoms with Gasteiger partial charge in [0.05, 0.1) is 12.5 Å². The van der Waals surface area contributed by atoms with Crippen LogP contribution in [-0.4, -0.2) is 18.0 Å². The van der Waals surface area contributed by atoms with Crippen molar-refractivity contribution in [1.82, 2.24) is 0 Å². The summed E-state index contributed by atoms with van der Waals surface area (Å²) in [6.07, 6.45) is 0. The third kappa shape index (κ3) is 1.24. The fourth-order valence-corrected chi connectivity index (χ4v) is 1.95. The van der Waals surface area contributed by atoms with Gasteiger partial charge in [-0.3, -0.25) is 4.79 Å². The molecule has 0 amide bonds. The van der Waals surface area contributed by atoms with Gasteiger partial charge in [-0.25, -0.2) is 0 Å².